The van der Waals surface area contributed by atoms with E-state index in [1.54, 1.807) is 18.4 Å². The van der Waals surface area contributed by atoms with E-state index in [-0.39, 0.29) is 16.2 Å². The highest BCUT2D eigenvalue weighted by Gasteiger charge is 2.28. The molecule has 2 aromatic rings. The molecule has 1 saturated heterocycles. The Morgan fingerprint density at radius 1 is 1.43 bits per heavy atom. The van der Waals surface area contributed by atoms with Crippen LogP contribution < -0.4 is 4.72 Å². The van der Waals surface area contributed by atoms with Gasteiger partial charge in [0.05, 0.1) is 12.4 Å². The molecule has 0 bridgehead atoms. The van der Waals surface area contributed by atoms with E-state index in [0.717, 1.165) is 25.9 Å². The average Bonchev–Trinajstić information content (AvgIpc) is 3.24. The zero-order chi connectivity index (χ0) is 16.4. The summed E-state index contributed by atoms with van der Waals surface area (Å²) in [6, 6.07) is 4.10. The van der Waals surface area contributed by atoms with Crippen LogP contribution in [-0.2, 0) is 17.1 Å². The quantitative estimate of drug-likeness (QED) is 0.842. The molecule has 1 aliphatic heterocycles. The van der Waals surface area contributed by atoms with E-state index in [1.165, 1.54) is 15.8 Å². The maximum absolute atomic E-state index is 12.5. The Morgan fingerprint density at radius 3 is 2.74 bits per heavy atom. The fraction of sp³-hybridized carbons (Fsp3) is 0.500. The molecule has 1 unspecified atom stereocenters. The van der Waals surface area contributed by atoms with Gasteiger partial charge < -0.3 is 4.57 Å². The summed E-state index contributed by atoms with van der Waals surface area (Å²) in [7, 11) is -2.06. The van der Waals surface area contributed by atoms with Crippen molar-refractivity contribution in [2.75, 3.05) is 19.6 Å². The molecule has 1 atom stereocenters. The maximum Gasteiger partial charge on any atom is 0.261 e. The van der Waals surface area contributed by atoms with E-state index >= 15 is 0 Å². The second-order valence-electron chi connectivity index (χ2n) is 5.58. The van der Waals surface area contributed by atoms with Crippen LogP contribution in [0.15, 0.2) is 28.9 Å². The molecule has 0 aliphatic carbocycles. The number of hydrogen-bond donors (Lipinski definition) is 1. The number of imidazole rings is 1. The second-order valence-corrected chi connectivity index (χ2v) is 8.60. The highest BCUT2D eigenvalue weighted by molar-refractivity contribution is 7.89. The number of likely N-dealkylation sites (tertiary alicyclic amines) is 1. The van der Waals surface area contributed by atoms with Gasteiger partial charge in [0.2, 0.25) is 5.03 Å². The Labute approximate surface area is 145 Å². The Bertz CT molecular complexity index is 752. The molecule has 23 heavy (non-hydrogen) atoms. The third-order valence-electron chi connectivity index (χ3n) is 4.01. The molecule has 9 heteroatoms. The van der Waals surface area contributed by atoms with Crippen LogP contribution in [0, 0.1) is 0 Å². The number of sulfonamides is 1. The summed E-state index contributed by atoms with van der Waals surface area (Å²) in [5.74, 6) is 0. The predicted octanol–water partition coefficient (Wildman–Crippen LogP) is 2.25. The van der Waals surface area contributed by atoms with Gasteiger partial charge in [-0.25, -0.2) is 18.1 Å². The average molecular weight is 375 g/mol. The van der Waals surface area contributed by atoms with Crippen LogP contribution in [0.4, 0.5) is 0 Å². The van der Waals surface area contributed by atoms with Crippen LogP contribution in [0.25, 0.3) is 0 Å². The molecule has 126 valence electrons. The molecule has 0 radical (unpaired) electrons. The lowest BCUT2D eigenvalue weighted by Gasteiger charge is -2.26. The van der Waals surface area contributed by atoms with E-state index in [2.05, 4.69) is 20.7 Å². The lowest BCUT2D eigenvalue weighted by atomic mass is 10.2. The largest absolute Gasteiger partial charge is 0.324 e. The minimum atomic E-state index is -3.72. The summed E-state index contributed by atoms with van der Waals surface area (Å²) in [6.07, 6.45) is 3.70. The van der Waals surface area contributed by atoms with Gasteiger partial charge in [-0.15, -0.1) is 11.3 Å². The first-order valence-electron chi connectivity index (χ1n) is 7.43. The highest BCUT2D eigenvalue weighted by atomic mass is 35.5. The summed E-state index contributed by atoms with van der Waals surface area (Å²) in [4.78, 5) is 7.39. The molecule has 6 nitrogen and oxygen atoms in total. The fourth-order valence-electron chi connectivity index (χ4n) is 2.77. The van der Waals surface area contributed by atoms with Gasteiger partial charge in [0.1, 0.15) is 5.15 Å². The van der Waals surface area contributed by atoms with Crippen LogP contribution >= 0.6 is 22.9 Å². The van der Waals surface area contributed by atoms with Crippen molar-refractivity contribution in [3.63, 3.8) is 0 Å². The molecule has 0 spiro atoms. The summed E-state index contributed by atoms with van der Waals surface area (Å²) >= 11 is 7.66. The first-order chi connectivity index (χ1) is 11.0. The van der Waals surface area contributed by atoms with Gasteiger partial charge in [-0.2, -0.15) is 0 Å². The van der Waals surface area contributed by atoms with E-state index < -0.39 is 10.0 Å². The van der Waals surface area contributed by atoms with Crippen molar-refractivity contribution in [3.05, 3.63) is 33.9 Å². The molecule has 0 amide bonds. The summed E-state index contributed by atoms with van der Waals surface area (Å²) in [6.45, 7) is 2.30. The lowest BCUT2D eigenvalue weighted by Crippen LogP contribution is -2.36. The van der Waals surface area contributed by atoms with Gasteiger partial charge >= 0.3 is 0 Å². The number of halogens is 1. The van der Waals surface area contributed by atoms with Gasteiger partial charge in [-0.1, -0.05) is 17.7 Å². The third-order valence-corrected chi connectivity index (χ3v) is 6.89. The number of nitrogens with one attached hydrogen (secondary N) is 1. The van der Waals surface area contributed by atoms with Crippen LogP contribution in [0.5, 0.6) is 0 Å². The molecule has 1 N–H and O–H groups in total. The topological polar surface area (TPSA) is 67.2 Å². The molecule has 0 aromatic carbocycles. The molecular formula is C14H19ClN4O2S2. The monoisotopic (exact) mass is 374 g/mol. The third kappa shape index (κ3) is 3.61. The van der Waals surface area contributed by atoms with Crippen molar-refractivity contribution >= 4 is 33.0 Å². The van der Waals surface area contributed by atoms with E-state index in [0.29, 0.717) is 6.54 Å². The minimum Gasteiger partial charge on any atom is -0.324 e. The first kappa shape index (κ1) is 16.9. The van der Waals surface area contributed by atoms with Crippen molar-refractivity contribution in [2.45, 2.75) is 23.9 Å². The molecule has 2 aromatic heterocycles. The Balaban J connectivity index is 1.77. The van der Waals surface area contributed by atoms with Crippen LogP contribution in [-0.4, -0.2) is 42.5 Å². The normalized spacial score (nSPS) is 17.7. The zero-order valence-electron chi connectivity index (χ0n) is 12.8. The summed E-state index contributed by atoms with van der Waals surface area (Å²) in [5, 5.41) is 2.02. The van der Waals surface area contributed by atoms with Crippen molar-refractivity contribution in [3.8, 4) is 0 Å². The Hall–Kier alpha value is -0.930. The first-order valence-corrected chi connectivity index (χ1v) is 10.2. The molecule has 1 fully saturated rings. The van der Waals surface area contributed by atoms with E-state index in [9.17, 15) is 8.42 Å². The van der Waals surface area contributed by atoms with Crippen molar-refractivity contribution in [2.24, 2.45) is 7.05 Å². The maximum atomic E-state index is 12.5. The number of rotatable bonds is 6. The SMILES string of the molecule is Cn1cnc(S(=O)(=O)NCC(c2cccs2)N2CCCC2)c1Cl. The van der Waals surface area contributed by atoms with Crippen molar-refractivity contribution in [1.29, 1.82) is 0 Å². The van der Waals surface area contributed by atoms with E-state index in [4.69, 9.17) is 11.6 Å². The number of thiophene rings is 1. The predicted molar refractivity (Wildman–Crippen MR) is 91.3 cm³/mol. The fourth-order valence-corrected chi connectivity index (χ4v) is 5.10. The number of aryl methyl sites for hydroxylation is 1. The van der Waals surface area contributed by atoms with Gasteiger partial charge in [0.15, 0.2) is 0 Å². The Kier molecular flexibility index (Phi) is 5.07. The minimum absolute atomic E-state index is 0.0507. The van der Waals surface area contributed by atoms with Crippen molar-refractivity contribution in [1.82, 2.24) is 19.2 Å². The number of nitrogens with zero attached hydrogens (tertiary/aromatic N) is 3. The van der Waals surface area contributed by atoms with Gasteiger partial charge in [0.25, 0.3) is 10.0 Å². The zero-order valence-corrected chi connectivity index (χ0v) is 15.2. The highest BCUT2D eigenvalue weighted by Crippen LogP contribution is 2.28. The van der Waals surface area contributed by atoms with Gasteiger partial charge in [-0.3, -0.25) is 4.90 Å². The molecule has 3 rings (SSSR count). The van der Waals surface area contributed by atoms with Crippen molar-refractivity contribution < 1.29 is 8.42 Å². The standard InChI is InChI=1S/C14H19ClN4O2S2/c1-18-10-16-14(13(18)15)23(20,21)17-9-11(12-5-4-8-22-12)19-6-2-3-7-19/h4-5,8,10-11,17H,2-3,6-7,9H2,1H3. The molecule has 3 heterocycles. The number of hydrogen-bond acceptors (Lipinski definition) is 5. The smallest absolute Gasteiger partial charge is 0.261 e. The van der Waals surface area contributed by atoms with Crippen LogP contribution in [0.3, 0.4) is 0 Å². The number of aromatic nitrogens is 2. The van der Waals surface area contributed by atoms with E-state index in [1.807, 2.05) is 11.4 Å². The van der Waals surface area contributed by atoms with Gasteiger partial charge in [0, 0.05) is 18.5 Å². The van der Waals surface area contributed by atoms with Crippen LogP contribution in [0.1, 0.15) is 23.8 Å². The summed E-state index contributed by atoms with van der Waals surface area (Å²) < 4.78 is 29.1. The lowest BCUT2D eigenvalue weighted by molar-refractivity contribution is 0.250. The molecule has 1 aliphatic rings. The summed E-state index contributed by atoms with van der Waals surface area (Å²) in [5.41, 5.74) is 0. The van der Waals surface area contributed by atoms with Crippen LogP contribution in [0.2, 0.25) is 5.15 Å². The molecule has 0 saturated carbocycles. The Morgan fingerprint density at radius 2 is 2.17 bits per heavy atom. The molecular weight excluding hydrogens is 356 g/mol. The van der Waals surface area contributed by atoms with Gasteiger partial charge in [-0.05, 0) is 37.4 Å². The second kappa shape index (κ2) is 6.90.